The van der Waals surface area contributed by atoms with E-state index in [0.29, 0.717) is 5.56 Å². The van der Waals surface area contributed by atoms with Gasteiger partial charge in [0.25, 0.3) is 0 Å². The number of carbonyl (C=O) groups excluding carboxylic acids is 2. The zero-order chi connectivity index (χ0) is 13.2. The summed E-state index contributed by atoms with van der Waals surface area (Å²) in [5.41, 5.74) is 0.315. The largest absolute Gasteiger partial charge is 0.477 e. The quantitative estimate of drug-likeness (QED) is 0.285. The van der Waals surface area contributed by atoms with E-state index in [1.807, 2.05) is 0 Å². The maximum Gasteiger partial charge on any atom is 0.477 e. The lowest BCUT2D eigenvalue weighted by Gasteiger charge is -2.07. The second-order valence-corrected chi connectivity index (χ2v) is 3.77. The van der Waals surface area contributed by atoms with E-state index in [4.69, 9.17) is 4.74 Å². The standard InChI is InChI=1S/C10H9NO5S/c1-5-3-7(10(13)11(14)15)9(17)4-8(5)16-6(2)12/h3-4,17H,1-2H3. The van der Waals surface area contributed by atoms with E-state index in [-0.39, 0.29) is 16.2 Å². The Kier molecular flexibility index (Phi) is 3.84. The van der Waals surface area contributed by atoms with E-state index in [9.17, 15) is 19.7 Å². The molecule has 0 spiro atoms. The highest BCUT2D eigenvalue weighted by atomic mass is 32.1. The zero-order valence-electron chi connectivity index (χ0n) is 9.09. The number of thiol groups is 1. The third kappa shape index (κ3) is 3.04. The SMILES string of the molecule is CC(=O)Oc1cc(S)c(C(=O)[N+](=O)[O-])cc1C. The number of nitro groups is 1. The van der Waals surface area contributed by atoms with Gasteiger partial charge in [-0.1, -0.05) is 0 Å². The van der Waals surface area contributed by atoms with Crippen molar-refractivity contribution in [2.24, 2.45) is 0 Å². The Morgan fingerprint density at radius 3 is 2.47 bits per heavy atom. The fraction of sp³-hybridized carbons (Fsp3) is 0.200. The van der Waals surface area contributed by atoms with Gasteiger partial charge in [0.15, 0.2) is 0 Å². The summed E-state index contributed by atoms with van der Waals surface area (Å²) < 4.78 is 4.85. The van der Waals surface area contributed by atoms with E-state index in [2.05, 4.69) is 12.6 Å². The number of ether oxygens (including phenoxy) is 1. The third-order valence-electron chi connectivity index (χ3n) is 1.94. The van der Waals surface area contributed by atoms with Gasteiger partial charge in [0.1, 0.15) is 16.2 Å². The second kappa shape index (κ2) is 4.96. The summed E-state index contributed by atoms with van der Waals surface area (Å²) in [5, 5.41) is 10.4. The first kappa shape index (κ1) is 13.2. The number of hydrogen-bond donors (Lipinski definition) is 1. The van der Waals surface area contributed by atoms with Crippen molar-refractivity contribution in [3.63, 3.8) is 0 Å². The summed E-state index contributed by atoms with van der Waals surface area (Å²) in [6.45, 7) is 2.80. The van der Waals surface area contributed by atoms with Crippen LogP contribution in [-0.2, 0) is 4.79 Å². The van der Waals surface area contributed by atoms with E-state index in [0.717, 1.165) is 0 Å². The van der Waals surface area contributed by atoms with Crippen molar-refractivity contribution in [1.82, 2.24) is 0 Å². The second-order valence-electron chi connectivity index (χ2n) is 3.29. The molecule has 1 aromatic carbocycles. The predicted octanol–water partition coefficient (Wildman–Crippen LogP) is 1.63. The summed E-state index contributed by atoms with van der Waals surface area (Å²) in [6, 6.07) is 2.57. The first-order valence-electron chi connectivity index (χ1n) is 4.53. The minimum absolute atomic E-state index is 0.0913. The minimum Gasteiger partial charge on any atom is -0.426 e. The molecule has 0 radical (unpaired) electrons. The van der Waals surface area contributed by atoms with Crippen molar-refractivity contribution >= 4 is 24.5 Å². The molecule has 0 aliphatic heterocycles. The Morgan fingerprint density at radius 1 is 1.41 bits per heavy atom. The number of amides is 1. The van der Waals surface area contributed by atoms with Crippen molar-refractivity contribution in [2.45, 2.75) is 18.7 Å². The number of carbonyl (C=O) groups is 2. The average molecular weight is 255 g/mol. The Bertz CT molecular complexity index is 512. The lowest BCUT2D eigenvalue weighted by molar-refractivity contribution is -0.375. The van der Waals surface area contributed by atoms with E-state index >= 15 is 0 Å². The van der Waals surface area contributed by atoms with Crippen LogP contribution in [0, 0.1) is 17.0 Å². The molecule has 0 N–H and O–H groups in total. The molecule has 0 saturated heterocycles. The van der Waals surface area contributed by atoms with Gasteiger partial charge in [-0.3, -0.25) is 14.9 Å². The molecule has 0 bridgehead atoms. The fourth-order valence-electron chi connectivity index (χ4n) is 1.21. The van der Waals surface area contributed by atoms with Crippen LogP contribution in [0.1, 0.15) is 22.8 Å². The van der Waals surface area contributed by atoms with Gasteiger partial charge in [-0.25, -0.2) is 4.79 Å². The van der Waals surface area contributed by atoms with E-state index < -0.39 is 16.8 Å². The van der Waals surface area contributed by atoms with Crippen LogP contribution in [0.5, 0.6) is 5.75 Å². The molecule has 0 heterocycles. The van der Waals surface area contributed by atoms with Gasteiger partial charge in [-0.15, -0.1) is 12.6 Å². The molecule has 0 aliphatic carbocycles. The molecule has 1 aromatic rings. The Balaban J connectivity index is 3.22. The van der Waals surface area contributed by atoms with Crippen LogP contribution in [0.15, 0.2) is 17.0 Å². The molecule has 17 heavy (non-hydrogen) atoms. The van der Waals surface area contributed by atoms with Gasteiger partial charge < -0.3 is 4.74 Å². The van der Waals surface area contributed by atoms with Crippen LogP contribution in [0.3, 0.4) is 0 Å². The van der Waals surface area contributed by atoms with Gasteiger partial charge in [0.2, 0.25) is 0 Å². The number of nitrogens with zero attached hydrogens (tertiary/aromatic N) is 1. The summed E-state index contributed by atoms with van der Waals surface area (Å²) >= 11 is 3.95. The number of benzene rings is 1. The maximum absolute atomic E-state index is 11.2. The first-order chi connectivity index (χ1) is 7.82. The molecule has 0 unspecified atom stereocenters. The topological polar surface area (TPSA) is 86.5 Å². The van der Waals surface area contributed by atoms with Gasteiger partial charge in [-0.2, -0.15) is 0 Å². The van der Waals surface area contributed by atoms with Crippen LogP contribution >= 0.6 is 12.6 Å². The monoisotopic (exact) mass is 255 g/mol. The molecular weight excluding hydrogens is 246 g/mol. The van der Waals surface area contributed by atoms with Gasteiger partial charge in [0, 0.05) is 11.8 Å². The Morgan fingerprint density at radius 2 is 2.00 bits per heavy atom. The highest BCUT2D eigenvalue weighted by molar-refractivity contribution is 7.80. The van der Waals surface area contributed by atoms with Gasteiger partial charge in [0.05, 0.1) is 0 Å². The van der Waals surface area contributed by atoms with Crippen LogP contribution < -0.4 is 4.74 Å². The van der Waals surface area contributed by atoms with Crippen LogP contribution in [0.2, 0.25) is 0 Å². The number of rotatable bonds is 2. The van der Waals surface area contributed by atoms with Crippen molar-refractivity contribution in [3.8, 4) is 5.75 Å². The molecule has 1 amide bonds. The maximum atomic E-state index is 11.2. The molecule has 0 fully saturated rings. The minimum atomic E-state index is -1.24. The van der Waals surface area contributed by atoms with Gasteiger partial charge in [-0.05, 0) is 24.6 Å². The molecule has 0 atom stereocenters. The summed E-state index contributed by atoms with van der Waals surface area (Å²) in [5.74, 6) is -1.54. The number of esters is 1. The fourth-order valence-corrected chi connectivity index (χ4v) is 1.49. The Labute approximate surface area is 102 Å². The molecule has 6 nitrogen and oxygen atoms in total. The van der Waals surface area contributed by atoms with Crippen molar-refractivity contribution < 1.29 is 19.2 Å². The lowest BCUT2D eigenvalue weighted by Crippen LogP contribution is -2.13. The molecule has 0 aliphatic rings. The normalized spacial score (nSPS) is 9.82. The molecule has 0 aromatic heterocycles. The molecular formula is C10H9NO5S. The predicted molar refractivity (Wildman–Crippen MR) is 61.1 cm³/mol. The average Bonchev–Trinajstić information content (AvgIpc) is 2.21. The van der Waals surface area contributed by atoms with Crippen molar-refractivity contribution in [3.05, 3.63) is 33.4 Å². The first-order valence-corrected chi connectivity index (χ1v) is 4.98. The highest BCUT2D eigenvalue weighted by Crippen LogP contribution is 2.26. The van der Waals surface area contributed by atoms with Crippen LogP contribution in [0.25, 0.3) is 0 Å². The van der Waals surface area contributed by atoms with Crippen LogP contribution in [-0.4, -0.2) is 16.8 Å². The summed E-state index contributed by atoms with van der Waals surface area (Å²) in [4.78, 5) is 31.4. The summed E-state index contributed by atoms with van der Waals surface area (Å²) in [7, 11) is 0. The number of hydrogen-bond acceptors (Lipinski definition) is 6. The molecule has 90 valence electrons. The van der Waals surface area contributed by atoms with Crippen molar-refractivity contribution in [2.75, 3.05) is 0 Å². The van der Waals surface area contributed by atoms with Crippen molar-refractivity contribution in [1.29, 1.82) is 0 Å². The molecule has 0 saturated carbocycles. The number of aryl methyl sites for hydroxylation is 1. The lowest BCUT2D eigenvalue weighted by atomic mass is 10.1. The van der Waals surface area contributed by atoms with Crippen LogP contribution in [0.4, 0.5) is 0 Å². The van der Waals surface area contributed by atoms with E-state index in [1.54, 1.807) is 6.92 Å². The highest BCUT2D eigenvalue weighted by Gasteiger charge is 2.23. The summed E-state index contributed by atoms with van der Waals surface area (Å²) in [6.07, 6.45) is 0. The van der Waals surface area contributed by atoms with E-state index in [1.165, 1.54) is 19.1 Å². The molecule has 7 heteroatoms. The third-order valence-corrected chi connectivity index (χ3v) is 2.31. The smallest absolute Gasteiger partial charge is 0.426 e. The Hall–Kier alpha value is -1.89. The molecule has 1 rings (SSSR count). The van der Waals surface area contributed by atoms with Gasteiger partial charge >= 0.3 is 11.9 Å². The zero-order valence-corrected chi connectivity index (χ0v) is 9.98.